The number of amides is 2. The molecular formula is C19H19N3O6. The van der Waals surface area contributed by atoms with Crippen LogP contribution in [0.4, 0.5) is 11.4 Å². The van der Waals surface area contributed by atoms with Gasteiger partial charge in [0.25, 0.3) is 11.6 Å². The molecule has 2 aromatic carbocycles. The van der Waals surface area contributed by atoms with Gasteiger partial charge in [-0.15, -0.1) is 0 Å². The van der Waals surface area contributed by atoms with Crippen LogP contribution >= 0.6 is 0 Å². The predicted molar refractivity (Wildman–Crippen MR) is 101 cm³/mol. The molecule has 2 amide bonds. The van der Waals surface area contributed by atoms with Crippen molar-refractivity contribution in [1.82, 2.24) is 5.32 Å². The van der Waals surface area contributed by atoms with Crippen molar-refractivity contribution in [3.8, 4) is 0 Å². The van der Waals surface area contributed by atoms with E-state index < -0.39 is 29.3 Å². The summed E-state index contributed by atoms with van der Waals surface area (Å²) >= 11 is 0. The number of hydrogen-bond donors (Lipinski definition) is 2. The zero-order valence-electron chi connectivity index (χ0n) is 15.1. The van der Waals surface area contributed by atoms with E-state index in [-0.39, 0.29) is 24.2 Å². The second-order valence-corrected chi connectivity index (χ2v) is 5.99. The summed E-state index contributed by atoms with van der Waals surface area (Å²) in [6, 6.07) is 12.5. The number of aryl methyl sites for hydroxylation is 1. The first-order valence-electron chi connectivity index (χ1n) is 8.40. The lowest BCUT2D eigenvalue weighted by atomic mass is 10.1. The lowest BCUT2D eigenvalue weighted by Crippen LogP contribution is -2.36. The highest BCUT2D eigenvalue weighted by Crippen LogP contribution is 2.24. The average Bonchev–Trinajstić information content (AvgIpc) is 2.67. The van der Waals surface area contributed by atoms with Gasteiger partial charge in [-0.05, 0) is 25.1 Å². The van der Waals surface area contributed by atoms with Gasteiger partial charge in [-0.1, -0.05) is 29.8 Å². The number of rotatable bonds is 8. The number of nitro groups is 1. The van der Waals surface area contributed by atoms with E-state index in [4.69, 9.17) is 5.11 Å². The Balaban J connectivity index is 2.29. The van der Waals surface area contributed by atoms with E-state index in [9.17, 15) is 24.5 Å². The Morgan fingerprint density at radius 2 is 1.75 bits per heavy atom. The van der Waals surface area contributed by atoms with Gasteiger partial charge in [0.05, 0.1) is 4.92 Å². The number of carbonyl (C=O) groups is 3. The average molecular weight is 385 g/mol. The molecule has 0 aliphatic heterocycles. The van der Waals surface area contributed by atoms with Crippen molar-refractivity contribution in [2.24, 2.45) is 0 Å². The second-order valence-electron chi connectivity index (χ2n) is 5.99. The van der Waals surface area contributed by atoms with Crippen LogP contribution in [0.2, 0.25) is 0 Å². The largest absolute Gasteiger partial charge is 0.480 e. The molecule has 2 N–H and O–H groups in total. The molecule has 0 heterocycles. The molecule has 0 bridgehead atoms. The lowest BCUT2D eigenvalue weighted by molar-refractivity contribution is -0.385. The van der Waals surface area contributed by atoms with Crippen LogP contribution < -0.4 is 10.2 Å². The molecule has 0 saturated heterocycles. The molecule has 0 fully saturated rings. The van der Waals surface area contributed by atoms with Crippen LogP contribution in [0, 0.1) is 17.0 Å². The van der Waals surface area contributed by atoms with Crippen molar-refractivity contribution in [2.75, 3.05) is 18.0 Å². The Hall–Kier alpha value is -3.75. The minimum absolute atomic E-state index is 0.0700. The molecule has 0 aliphatic rings. The summed E-state index contributed by atoms with van der Waals surface area (Å²) in [7, 11) is 0. The Morgan fingerprint density at radius 3 is 2.36 bits per heavy atom. The summed E-state index contributed by atoms with van der Waals surface area (Å²) < 4.78 is 0. The number of benzene rings is 2. The first-order valence-corrected chi connectivity index (χ1v) is 8.40. The third-order valence-electron chi connectivity index (χ3n) is 3.92. The van der Waals surface area contributed by atoms with Gasteiger partial charge in [0.2, 0.25) is 5.91 Å². The number of carbonyl (C=O) groups excluding carboxylic acids is 2. The van der Waals surface area contributed by atoms with Gasteiger partial charge in [-0.2, -0.15) is 0 Å². The first-order chi connectivity index (χ1) is 13.3. The molecule has 0 spiro atoms. The minimum atomic E-state index is -1.18. The number of nitro benzene ring substituents is 1. The van der Waals surface area contributed by atoms with Gasteiger partial charge in [0.1, 0.15) is 12.1 Å². The Morgan fingerprint density at radius 1 is 1.11 bits per heavy atom. The van der Waals surface area contributed by atoms with E-state index in [1.165, 1.54) is 29.2 Å². The smallest absolute Gasteiger partial charge is 0.322 e. The number of carboxylic acids is 1. The molecular weight excluding hydrogens is 366 g/mol. The molecule has 2 rings (SSSR count). The van der Waals surface area contributed by atoms with Crippen LogP contribution in [0.3, 0.4) is 0 Å². The van der Waals surface area contributed by atoms with Gasteiger partial charge in [0, 0.05) is 24.7 Å². The molecule has 0 atom stereocenters. The number of aliphatic carboxylic acids is 1. The Bertz CT molecular complexity index is 895. The molecule has 28 heavy (non-hydrogen) atoms. The van der Waals surface area contributed by atoms with Gasteiger partial charge in [0.15, 0.2) is 0 Å². The van der Waals surface area contributed by atoms with Crippen LogP contribution in [-0.2, 0) is 9.59 Å². The molecule has 0 aromatic heterocycles. The van der Waals surface area contributed by atoms with E-state index >= 15 is 0 Å². The Kier molecular flexibility index (Phi) is 6.80. The van der Waals surface area contributed by atoms with Crippen molar-refractivity contribution < 1.29 is 24.4 Å². The summed E-state index contributed by atoms with van der Waals surface area (Å²) in [5, 5.41) is 22.1. The van der Waals surface area contributed by atoms with Crippen LogP contribution in [0.1, 0.15) is 22.3 Å². The van der Waals surface area contributed by atoms with Crippen LogP contribution in [0.15, 0.2) is 48.5 Å². The van der Waals surface area contributed by atoms with Crippen LogP contribution in [-0.4, -0.2) is 40.9 Å². The monoisotopic (exact) mass is 385 g/mol. The fraction of sp³-hybridized carbons (Fsp3) is 0.211. The minimum Gasteiger partial charge on any atom is -0.480 e. The highest BCUT2D eigenvalue weighted by Gasteiger charge is 2.25. The van der Waals surface area contributed by atoms with Crippen molar-refractivity contribution in [3.05, 3.63) is 69.8 Å². The fourth-order valence-corrected chi connectivity index (χ4v) is 2.51. The van der Waals surface area contributed by atoms with Crippen molar-refractivity contribution in [1.29, 1.82) is 0 Å². The highest BCUT2D eigenvalue weighted by atomic mass is 16.6. The maximum absolute atomic E-state index is 13.0. The van der Waals surface area contributed by atoms with E-state index in [1.807, 2.05) is 6.92 Å². The van der Waals surface area contributed by atoms with Crippen LogP contribution in [0.25, 0.3) is 0 Å². The number of para-hydroxylation sites is 1. The number of nitrogens with zero attached hydrogens (tertiary/aromatic N) is 2. The van der Waals surface area contributed by atoms with Gasteiger partial charge < -0.3 is 15.3 Å². The maximum atomic E-state index is 13.0. The summed E-state index contributed by atoms with van der Waals surface area (Å²) in [4.78, 5) is 47.3. The summed E-state index contributed by atoms with van der Waals surface area (Å²) in [5.74, 6) is -2.35. The van der Waals surface area contributed by atoms with Crippen molar-refractivity contribution in [2.45, 2.75) is 13.3 Å². The van der Waals surface area contributed by atoms with E-state index in [2.05, 4.69) is 5.32 Å². The predicted octanol–water partition coefficient (Wildman–Crippen LogP) is 2.14. The topological polar surface area (TPSA) is 130 Å². The summed E-state index contributed by atoms with van der Waals surface area (Å²) in [6.45, 7) is 1.28. The lowest BCUT2D eigenvalue weighted by Gasteiger charge is -2.23. The first kappa shape index (κ1) is 20.6. The molecule has 146 valence electrons. The third-order valence-corrected chi connectivity index (χ3v) is 3.92. The second kappa shape index (κ2) is 9.26. The number of carboxylic acid groups (broad SMARTS) is 1. The summed E-state index contributed by atoms with van der Waals surface area (Å²) in [5.41, 5.74) is 1.000. The maximum Gasteiger partial charge on any atom is 0.322 e. The molecule has 2 aromatic rings. The number of anilines is 1. The zero-order chi connectivity index (χ0) is 20.7. The molecule has 0 saturated carbocycles. The zero-order valence-corrected chi connectivity index (χ0v) is 15.1. The molecule has 0 radical (unpaired) electrons. The van der Waals surface area contributed by atoms with Crippen molar-refractivity contribution in [3.63, 3.8) is 0 Å². The quantitative estimate of drug-likeness (QED) is 0.529. The SMILES string of the molecule is Cc1ccc(N(CCC(=O)NCC(=O)O)C(=O)c2ccccc2[N+](=O)[O-])cc1. The van der Waals surface area contributed by atoms with Gasteiger partial charge in [-0.25, -0.2) is 0 Å². The van der Waals surface area contributed by atoms with Gasteiger partial charge in [-0.3, -0.25) is 24.5 Å². The Labute approximate surface area is 160 Å². The number of nitrogens with one attached hydrogen (secondary N) is 1. The summed E-state index contributed by atoms with van der Waals surface area (Å²) in [6.07, 6.45) is -0.159. The number of hydrogen-bond acceptors (Lipinski definition) is 5. The molecule has 0 aliphatic carbocycles. The molecule has 9 nitrogen and oxygen atoms in total. The van der Waals surface area contributed by atoms with Crippen molar-refractivity contribution >= 4 is 29.2 Å². The molecule has 0 unspecified atom stereocenters. The van der Waals surface area contributed by atoms with E-state index in [0.29, 0.717) is 5.69 Å². The van der Waals surface area contributed by atoms with Gasteiger partial charge >= 0.3 is 5.97 Å². The van der Waals surface area contributed by atoms with Crippen LogP contribution in [0.5, 0.6) is 0 Å². The standard InChI is InChI=1S/C19H19N3O6/c1-13-6-8-14(9-7-13)21(11-10-17(23)20-12-18(24)25)19(26)15-4-2-3-5-16(15)22(27)28/h2-9H,10-12H2,1H3,(H,20,23)(H,24,25). The van der Waals surface area contributed by atoms with E-state index in [1.54, 1.807) is 24.3 Å². The molecule has 9 heteroatoms. The third kappa shape index (κ3) is 5.37. The fourth-order valence-electron chi connectivity index (χ4n) is 2.51. The van der Waals surface area contributed by atoms with E-state index in [0.717, 1.165) is 5.56 Å². The highest BCUT2D eigenvalue weighted by molar-refractivity contribution is 6.09. The normalized spacial score (nSPS) is 10.2.